The molecule has 1 aromatic carbocycles. The number of ether oxygens (including phenoxy) is 2. The molecule has 0 unspecified atom stereocenters. The fraction of sp³-hybridized carbons (Fsp3) is 0.444. The Labute approximate surface area is 141 Å². The summed E-state index contributed by atoms with van der Waals surface area (Å²) >= 11 is 5.51. The first-order valence-electron chi connectivity index (χ1n) is 8.07. The van der Waals surface area contributed by atoms with Gasteiger partial charge in [0.25, 0.3) is 0 Å². The molecule has 1 fully saturated rings. The van der Waals surface area contributed by atoms with Crippen LogP contribution in [0.15, 0.2) is 30.5 Å². The van der Waals surface area contributed by atoms with E-state index in [1.165, 1.54) is 0 Å². The summed E-state index contributed by atoms with van der Waals surface area (Å²) in [6, 6.07) is 7.98. The Morgan fingerprint density at radius 1 is 1.35 bits per heavy atom. The molecular weight excluding hydrogens is 310 g/mol. The first-order chi connectivity index (χ1) is 11.2. The van der Waals surface area contributed by atoms with Crippen molar-refractivity contribution in [2.75, 3.05) is 19.8 Å². The van der Waals surface area contributed by atoms with Gasteiger partial charge < -0.3 is 14.0 Å². The molecule has 5 heteroatoms. The van der Waals surface area contributed by atoms with Crippen LogP contribution in [-0.4, -0.2) is 30.4 Å². The molecule has 0 aliphatic carbocycles. The smallest absolute Gasteiger partial charge is 0.341 e. The number of nitrogens with zero attached hydrogens (tertiary/aromatic N) is 1. The van der Waals surface area contributed by atoms with Crippen molar-refractivity contribution in [3.8, 4) is 0 Å². The number of rotatable bonds is 4. The number of esters is 1. The van der Waals surface area contributed by atoms with Gasteiger partial charge in [0.1, 0.15) is 0 Å². The van der Waals surface area contributed by atoms with Crippen LogP contribution in [0.4, 0.5) is 0 Å². The Morgan fingerprint density at radius 2 is 2.09 bits per heavy atom. The van der Waals surface area contributed by atoms with Gasteiger partial charge >= 0.3 is 5.97 Å². The number of hydrogen-bond donors (Lipinski definition) is 0. The van der Waals surface area contributed by atoms with Crippen LogP contribution in [0.2, 0.25) is 0 Å². The van der Waals surface area contributed by atoms with Crippen molar-refractivity contribution in [3.05, 3.63) is 40.5 Å². The molecule has 0 N–H and O–H groups in total. The van der Waals surface area contributed by atoms with Crippen molar-refractivity contribution in [2.24, 2.45) is 5.92 Å². The van der Waals surface area contributed by atoms with E-state index in [2.05, 4.69) is 10.6 Å². The average Bonchev–Trinajstić information content (AvgIpc) is 2.58. The lowest BCUT2D eigenvalue weighted by molar-refractivity contribution is 0.0522. The van der Waals surface area contributed by atoms with Gasteiger partial charge in [-0.1, -0.05) is 30.4 Å². The van der Waals surface area contributed by atoms with E-state index in [4.69, 9.17) is 21.7 Å². The van der Waals surface area contributed by atoms with Gasteiger partial charge in [-0.05, 0) is 31.7 Å². The quantitative estimate of drug-likeness (QED) is 0.628. The third kappa shape index (κ3) is 3.46. The highest BCUT2D eigenvalue weighted by atomic mass is 32.1. The molecule has 0 bridgehead atoms. The third-order valence-corrected chi connectivity index (χ3v) is 4.72. The zero-order valence-corrected chi connectivity index (χ0v) is 14.1. The minimum Gasteiger partial charge on any atom is -0.462 e. The van der Waals surface area contributed by atoms with Crippen LogP contribution in [0.25, 0.3) is 10.9 Å². The molecular formula is C18H21NO3S. The number of carbonyl (C=O) groups excluding carboxylic acids is 1. The molecule has 23 heavy (non-hydrogen) atoms. The lowest BCUT2D eigenvalue weighted by Gasteiger charge is -2.24. The zero-order chi connectivity index (χ0) is 16.2. The Balaban J connectivity index is 2.05. The van der Waals surface area contributed by atoms with E-state index in [1.54, 1.807) is 6.92 Å². The second-order valence-corrected chi connectivity index (χ2v) is 6.23. The maximum Gasteiger partial charge on any atom is 0.341 e. The molecule has 2 heterocycles. The maximum absolute atomic E-state index is 12.2. The molecule has 0 spiro atoms. The van der Waals surface area contributed by atoms with E-state index in [-0.39, 0.29) is 5.97 Å². The van der Waals surface area contributed by atoms with Crippen LogP contribution in [0.1, 0.15) is 30.1 Å². The van der Waals surface area contributed by atoms with Crippen LogP contribution in [0.3, 0.4) is 0 Å². The fourth-order valence-electron chi connectivity index (χ4n) is 3.06. The second kappa shape index (κ2) is 7.23. The van der Waals surface area contributed by atoms with Crippen molar-refractivity contribution in [2.45, 2.75) is 26.3 Å². The van der Waals surface area contributed by atoms with E-state index < -0.39 is 0 Å². The molecule has 1 aliphatic rings. The molecule has 0 saturated carbocycles. The third-order valence-electron chi connectivity index (χ3n) is 4.28. The summed E-state index contributed by atoms with van der Waals surface area (Å²) in [5, 5.41) is 0.931. The number of aromatic nitrogens is 1. The number of hydrogen-bond acceptors (Lipinski definition) is 4. The van der Waals surface area contributed by atoms with Crippen LogP contribution in [0.5, 0.6) is 0 Å². The molecule has 122 valence electrons. The second-order valence-electron chi connectivity index (χ2n) is 5.82. The minimum absolute atomic E-state index is 0.344. The van der Waals surface area contributed by atoms with Crippen LogP contribution in [-0.2, 0) is 16.0 Å². The monoisotopic (exact) mass is 331 g/mol. The van der Waals surface area contributed by atoms with E-state index in [9.17, 15) is 4.79 Å². The van der Waals surface area contributed by atoms with Gasteiger partial charge in [0.05, 0.1) is 16.7 Å². The molecule has 3 rings (SSSR count). The first kappa shape index (κ1) is 16.1. The number of pyridine rings is 1. The highest BCUT2D eigenvalue weighted by molar-refractivity contribution is 7.71. The molecule has 1 aromatic heterocycles. The lowest BCUT2D eigenvalue weighted by Crippen LogP contribution is -2.21. The number of fused-ring (bicyclic) bond motifs is 1. The molecule has 1 aliphatic heterocycles. The predicted octanol–water partition coefficient (Wildman–Crippen LogP) is 3.97. The van der Waals surface area contributed by atoms with Crippen LogP contribution in [0, 0.1) is 10.4 Å². The first-order valence-corrected chi connectivity index (χ1v) is 8.48. The number of para-hydroxylation sites is 1. The van der Waals surface area contributed by atoms with E-state index in [0.29, 0.717) is 22.6 Å². The summed E-state index contributed by atoms with van der Waals surface area (Å²) < 4.78 is 13.3. The molecule has 0 amide bonds. The highest BCUT2D eigenvalue weighted by Gasteiger charge is 2.18. The van der Waals surface area contributed by atoms with Crippen molar-refractivity contribution in [1.82, 2.24) is 4.57 Å². The average molecular weight is 331 g/mol. The standard InChI is InChI=1S/C18H21NO3S/c1-2-22-18(20)15-12-19(11-13-7-9-21-10-8-13)16-6-4-3-5-14(16)17(15)23/h3-6,12-13H,2,7-11H2,1H3. The summed E-state index contributed by atoms with van der Waals surface area (Å²) in [4.78, 5) is 12.2. The van der Waals surface area contributed by atoms with Crippen molar-refractivity contribution < 1.29 is 14.3 Å². The maximum atomic E-state index is 12.2. The summed E-state index contributed by atoms with van der Waals surface area (Å²) in [6.45, 7) is 4.64. The summed E-state index contributed by atoms with van der Waals surface area (Å²) in [5.74, 6) is 0.215. The normalized spacial score (nSPS) is 15.7. The van der Waals surface area contributed by atoms with E-state index in [0.717, 1.165) is 43.5 Å². The predicted molar refractivity (Wildman–Crippen MR) is 92.3 cm³/mol. The summed E-state index contributed by atoms with van der Waals surface area (Å²) in [7, 11) is 0. The number of carbonyl (C=O) groups is 1. The van der Waals surface area contributed by atoms with Crippen molar-refractivity contribution >= 4 is 29.1 Å². The van der Waals surface area contributed by atoms with Crippen LogP contribution < -0.4 is 0 Å². The fourth-order valence-corrected chi connectivity index (χ4v) is 3.37. The molecule has 4 nitrogen and oxygen atoms in total. The van der Waals surface area contributed by atoms with Gasteiger partial charge in [-0.2, -0.15) is 0 Å². The minimum atomic E-state index is -0.344. The molecule has 0 atom stereocenters. The molecule has 0 radical (unpaired) electrons. The zero-order valence-electron chi connectivity index (χ0n) is 13.3. The molecule has 2 aromatic rings. The number of benzene rings is 1. The summed E-state index contributed by atoms with van der Waals surface area (Å²) in [6.07, 6.45) is 3.95. The van der Waals surface area contributed by atoms with Crippen molar-refractivity contribution in [3.63, 3.8) is 0 Å². The van der Waals surface area contributed by atoms with E-state index in [1.807, 2.05) is 24.4 Å². The lowest BCUT2D eigenvalue weighted by atomic mass is 10.00. The van der Waals surface area contributed by atoms with Gasteiger partial charge in [0, 0.05) is 36.9 Å². The Morgan fingerprint density at radius 3 is 2.83 bits per heavy atom. The topological polar surface area (TPSA) is 40.5 Å². The van der Waals surface area contributed by atoms with Gasteiger partial charge in [-0.15, -0.1) is 0 Å². The Kier molecular flexibility index (Phi) is 5.08. The van der Waals surface area contributed by atoms with Gasteiger partial charge in [0.15, 0.2) is 0 Å². The Bertz CT molecular complexity index is 762. The van der Waals surface area contributed by atoms with E-state index >= 15 is 0 Å². The van der Waals surface area contributed by atoms with Gasteiger partial charge in [-0.25, -0.2) is 4.79 Å². The highest BCUT2D eigenvalue weighted by Crippen LogP contribution is 2.24. The van der Waals surface area contributed by atoms with Gasteiger partial charge in [-0.3, -0.25) is 0 Å². The largest absolute Gasteiger partial charge is 0.462 e. The van der Waals surface area contributed by atoms with Crippen LogP contribution >= 0.6 is 12.2 Å². The van der Waals surface area contributed by atoms with Crippen molar-refractivity contribution in [1.29, 1.82) is 0 Å². The SMILES string of the molecule is CCOC(=O)c1cn(CC2CCOCC2)c2ccccc2c1=S. The van der Waals surface area contributed by atoms with Gasteiger partial charge in [0.2, 0.25) is 0 Å². The molecule has 1 saturated heterocycles. The Hall–Kier alpha value is -1.72. The summed E-state index contributed by atoms with van der Waals surface area (Å²) in [5.41, 5.74) is 1.55.